The van der Waals surface area contributed by atoms with Crippen molar-refractivity contribution >= 4 is 11.6 Å². The topological polar surface area (TPSA) is 77.2 Å². The summed E-state index contributed by atoms with van der Waals surface area (Å²) >= 11 is 0. The van der Waals surface area contributed by atoms with Gasteiger partial charge in [-0.05, 0) is 57.5 Å². The zero-order chi connectivity index (χ0) is 25.0. The van der Waals surface area contributed by atoms with Crippen molar-refractivity contribution in [3.63, 3.8) is 0 Å². The number of para-hydroxylation sites is 1. The minimum atomic E-state index is -0.295. The summed E-state index contributed by atoms with van der Waals surface area (Å²) in [6, 6.07) is 19.9. The molecular formula is C28H34N6O. The number of carbonyl (C=O) groups excluding carboxylic acids is 1. The van der Waals surface area contributed by atoms with Crippen LogP contribution in [0.1, 0.15) is 50.6 Å². The largest absolute Gasteiger partial charge is 0.357 e. The van der Waals surface area contributed by atoms with Gasteiger partial charge in [-0.25, -0.2) is 4.98 Å². The van der Waals surface area contributed by atoms with Crippen molar-refractivity contribution < 1.29 is 4.79 Å². The van der Waals surface area contributed by atoms with Gasteiger partial charge in [0.05, 0.1) is 29.7 Å². The molecule has 1 aromatic heterocycles. The van der Waals surface area contributed by atoms with Gasteiger partial charge in [0.1, 0.15) is 6.04 Å². The summed E-state index contributed by atoms with van der Waals surface area (Å²) in [6.45, 7) is 11.1. The van der Waals surface area contributed by atoms with E-state index in [2.05, 4.69) is 49.8 Å². The molecule has 1 amide bonds. The molecular weight excluding hydrogens is 436 g/mol. The molecule has 1 aliphatic heterocycles. The van der Waals surface area contributed by atoms with E-state index in [-0.39, 0.29) is 23.5 Å². The van der Waals surface area contributed by atoms with E-state index in [4.69, 9.17) is 5.26 Å². The van der Waals surface area contributed by atoms with Crippen LogP contribution in [0, 0.1) is 11.3 Å². The van der Waals surface area contributed by atoms with Gasteiger partial charge in [0.15, 0.2) is 0 Å². The van der Waals surface area contributed by atoms with Gasteiger partial charge in [0.2, 0.25) is 5.91 Å². The van der Waals surface area contributed by atoms with Crippen LogP contribution in [0.15, 0.2) is 67.1 Å². The van der Waals surface area contributed by atoms with Crippen LogP contribution in [-0.2, 0) is 11.3 Å². The van der Waals surface area contributed by atoms with E-state index < -0.39 is 0 Å². The molecule has 1 fully saturated rings. The molecule has 2 aromatic carbocycles. The van der Waals surface area contributed by atoms with Gasteiger partial charge in [-0.1, -0.05) is 30.3 Å². The van der Waals surface area contributed by atoms with Gasteiger partial charge in [-0.2, -0.15) is 5.26 Å². The Morgan fingerprint density at radius 1 is 1.14 bits per heavy atom. The first-order chi connectivity index (χ1) is 16.7. The van der Waals surface area contributed by atoms with Crippen molar-refractivity contribution in [3.8, 4) is 6.07 Å². The molecule has 2 atom stereocenters. The summed E-state index contributed by atoms with van der Waals surface area (Å²) in [7, 11) is 0. The lowest BCUT2D eigenvalue weighted by Gasteiger charge is -2.42. The van der Waals surface area contributed by atoms with Gasteiger partial charge in [-0.3, -0.25) is 9.69 Å². The van der Waals surface area contributed by atoms with E-state index in [0.717, 1.165) is 30.0 Å². The highest BCUT2D eigenvalue weighted by molar-refractivity contribution is 5.86. The highest BCUT2D eigenvalue weighted by Crippen LogP contribution is 2.24. The van der Waals surface area contributed by atoms with Crippen LogP contribution in [0.2, 0.25) is 0 Å². The van der Waals surface area contributed by atoms with E-state index in [1.165, 1.54) is 0 Å². The average Bonchev–Trinajstić information content (AvgIpc) is 3.31. The Labute approximate surface area is 208 Å². The highest BCUT2D eigenvalue weighted by Gasteiger charge is 2.34. The van der Waals surface area contributed by atoms with Crippen LogP contribution in [0.3, 0.4) is 0 Å². The molecule has 4 rings (SSSR count). The maximum absolute atomic E-state index is 13.3. The van der Waals surface area contributed by atoms with E-state index in [1.54, 1.807) is 0 Å². The number of carbonyl (C=O) groups is 1. The van der Waals surface area contributed by atoms with Crippen LogP contribution < -0.4 is 10.2 Å². The Morgan fingerprint density at radius 2 is 1.86 bits per heavy atom. The Kier molecular flexibility index (Phi) is 7.23. The first-order valence-electron chi connectivity index (χ1n) is 12.1. The molecule has 0 radical (unpaired) electrons. The highest BCUT2D eigenvalue weighted by atomic mass is 16.2. The number of piperazine rings is 1. The lowest BCUT2D eigenvalue weighted by Crippen LogP contribution is -2.61. The SMILES string of the molecule is CC(c1ccc(C#N)cc1)n1cncc1CN1CCN(c2ccccc2)C(C(=O)NC(C)(C)C)C1. The number of hydrogen-bond acceptors (Lipinski definition) is 5. The molecule has 1 aliphatic rings. The van der Waals surface area contributed by atoms with Gasteiger partial charge in [0.25, 0.3) is 0 Å². The number of benzene rings is 2. The number of nitriles is 1. The zero-order valence-electron chi connectivity index (χ0n) is 21.0. The third kappa shape index (κ3) is 5.90. The standard InChI is InChI=1S/C28H34N6O/c1-21(23-12-10-22(16-29)11-13-23)34-20-30-17-25(34)18-32-14-15-33(24-8-6-5-7-9-24)26(19-32)27(35)31-28(2,3)4/h5-13,17,20-21,26H,14-15,18-19H2,1-4H3,(H,31,35). The molecule has 0 aliphatic carbocycles. The molecule has 182 valence electrons. The summed E-state index contributed by atoms with van der Waals surface area (Å²) in [6.07, 6.45) is 3.77. The predicted octanol–water partition coefficient (Wildman–Crippen LogP) is 3.97. The number of amides is 1. The maximum Gasteiger partial charge on any atom is 0.244 e. The Balaban J connectivity index is 1.52. The smallest absolute Gasteiger partial charge is 0.244 e. The van der Waals surface area contributed by atoms with Gasteiger partial charge in [-0.15, -0.1) is 0 Å². The molecule has 3 aromatic rings. The van der Waals surface area contributed by atoms with Gasteiger partial charge in [0, 0.05) is 43.6 Å². The molecule has 2 unspecified atom stereocenters. The minimum absolute atomic E-state index is 0.0468. The lowest BCUT2D eigenvalue weighted by atomic mass is 10.0. The fourth-order valence-electron chi connectivity index (χ4n) is 4.62. The molecule has 0 saturated carbocycles. The summed E-state index contributed by atoms with van der Waals surface area (Å²) in [5, 5.41) is 12.3. The zero-order valence-corrected chi connectivity index (χ0v) is 21.0. The van der Waals surface area contributed by atoms with E-state index in [0.29, 0.717) is 18.7 Å². The molecule has 7 heteroatoms. The molecule has 1 saturated heterocycles. The van der Waals surface area contributed by atoms with Crippen molar-refractivity contribution in [1.29, 1.82) is 5.26 Å². The molecule has 1 N–H and O–H groups in total. The van der Waals surface area contributed by atoms with Crippen LogP contribution in [-0.4, -0.2) is 51.6 Å². The fraction of sp³-hybridized carbons (Fsp3) is 0.393. The number of nitrogens with one attached hydrogen (secondary N) is 1. The van der Waals surface area contributed by atoms with Crippen LogP contribution in [0.25, 0.3) is 0 Å². The summed E-state index contributed by atoms with van der Waals surface area (Å²) < 4.78 is 2.18. The predicted molar refractivity (Wildman–Crippen MR) is 138 cm³/mol. The Hall–Kier alpha value is -3.63. The van der Waals surface area contributed by atoms with E-state index in [1.807, 2.05) is 75.8 Å². The summed E-state index contributed by atoms with van der Waals surface area (Å²) in [4.78, 5) is 22.3. The minimum Gasteiger partial charge on any atom is -0.357 e. The third-order valence-corrected chi connectivity index (χ3v) is 6.42. The van der Waals surface area contributed by atoms with Crippen molar-refractivity contribution in [2.75, 3.05) is 24.5 Å². The van der Waals surface area contributed by atoms with E-state index in [9.17, 15) is 4.79 Å². The molecule has 7 nitrogen and oxygen atoms in total. The van der Waals surface area contributed by atoms with Gasteiger partial charge < -0.3 is 14.8 Å². The number of anilines is 1. The first-order valence-corrected chi connectivity index (χ1v) is 12.1. The first kappa shape index (κ1) is 24.5. The Morgan fingerprint density at radius 3 is 2.51 bits per heavy atom. The maximum atomic E-state index is 13.3. The Bertz CT molecular complexity index is 1170. The monoisotopic (exact) mass is 470 g/mol. The van der Waals surface area contributed by atoms with Crippen LogP contribution in [0.4, 0.5) is 5.69 Å². The second kappa shape index (κ2) is 10.3. The van der Waals surface area contributed by atoms with Crippen molar-refractivity contribution in [3.05, 3.63) is 83.9 Å². The number of imidazole rings is 1. The second-order valence-corrected chi connectivity index (χ2v) is 10.2. The van der Waals surface area contributed by atoms with Crippen molar-refractivity contribution in [1.82, 2.24) is 19.8 Å². The number of aromatic nitrogens is 2. The molecule has 35 heavy (non-hydrogen) atoms. The third-order valence-electron chi connectivity index (χ3n) is 6.42. The summed E-state index contributed by atoms with van der Waals surface area (Å²) in [5.74, 6) is 0.0468. The molecule has 2 heterocycles. The van der Waals surface area contributed by atoms with E-state index >= 15 is 0 Å². The van der Waals surface area contributed by atoms with Crippen LogP contribution in [0.5, 0.6) is 0 Å². The van der Waals surface area contributed by atoms with Gasteiger partial charge >= 0.3 is 0 Å². The normalized spacial score (nSPS) is 17.6. The second-order valence-electron chi connectivity index (χ2n) is 10.2. The summed E-state index contributed by atoms with van der Waals surface area (Å²) in [5.41, 5.74) is 3.66. The number of nitrogens with zero attached hydrogens (tertiary/aromatic N) is 5. The fourth-order valence-corrected chi connectivity index (χ4v) is 4.62. The number of rotatable bonds is 6. The van der Waals surface area contributed by atoms with Crippen molar-refractivity contribution in [2.45, 2.75) is 51.9 Å². The van der Waals surface area contributed by atoms with Crippen LogP contribution >= 0.6 is 0 Å². The quantitative estimate of drug-likeness (QED) is 0.590. The molecule has 0 spiro atoms. The van der Waals surface area contributed by atoms with Crippen molar-refractivity contribution in [2.24, 2.45) is 0 Å². The lowest BCUT2D eigenvalue weighted by molar-refractivity contribution is -0.124. The molecule has 0 bridgehead atoms. The average molecular weight is 471 g/mol. The number of hydrogen-bond donors (Lipinski definition) is 1.